The number of ether oxygens (including phenoxy) is 2. The van der Waals surface area contributed by atoms with Gasteiger partial charge in [0.2, 0.25) is 0 Å². The van der Waals surface area contributed by atoms with Gasteiger partial charge in [-0.25, -0.2) is 4.79 Å². The van der Waals surface area contributed by atoms with E-state index in [1.54, 1.807) is 6.92 Å². The van der Waals surface area contributed by atoms with Crippen LogP contribution in [-0.2, 0) is 22.4 Å². The molecular weight excluding hydrogens is 458 g/mol. The van der Waals surface area contributed by atoms with Crippen LogP contribution in [0.2, 0.25) is 0 Å². The smallest absolute Gasteiger partial charge is 0.333 e. The number of unbranched alkanes of at least 4 members (excludes halogenated alkanes) is 2. The monoisotopic (exact) mass is 499 g/mol. The molecule has 196 valence electrons. The summed E-state index contributed by atoms with van der Waals surface area (Å²) in [6.07, 6.45) is 6.87. The number of rotatable bonds is 15. The van der Waals surface area contributed by atoms with Crippen molar-refractivity contribution in [2.45, 2.75) is 52.4 Å². The van der Waals surface area contributed by atoms with E-state index in [-0.39, 0.29) is 6.61 Å². The summed E-state index contributed by atoms with van der Waals surface area (Å²) in [5, 5.41) is 3.20. The highest BCUT2D eigenvalue weighted by Gasteiger charge is 2.09. The number of hydrogen-bond donors (Lipinski definition) is 1. The average molecular weight is 500 g/mol. The molecule has 37 heavy (non-hydrogen) atoms. The molecule has 0 unspecified atom stereocenters. The third-order valence-corrected chi connectivity index (χ3v) is 6.44. The minimum absolute atomic E-state index is 0.192. The molecule has 3 rings (SSSR count). The molecule has 0 atom stereocenters. The van der Waals surface area contributed by atoms with E-state index in [1.165, 1.54) is 36.0 Å². The van der Waals surface area contributed by atoms with Crippen molar-refractivity contribution >= 4 is 5.97 Å². The zero-order valence-electron chi connectivity index (χ0n) is 22.6. The van der Waals surface area contributed by atoms with Crippen LogP contribution in [-0.4, -0.2) is 32.8 Å². The average Bonchev–Trinajstić information content (AvgIpc) is 2.92. The summed E-state index contributed by atoms with van der Waals surface area (Å²) in [5.74, 6) is 0.445. The second-order valence-electron chi connectivity index (χ2n) is 9.53. The molecule has 0 spiro atoms. The van der Waals surface area contributed by atoms with E-state index in [0.29, 0.717) is 12.2 Å². The van der Waals surface area contributed by atoms with E-state index in [1.807, 2.05) is 7.05 Å². The van der Waals surface area contributed by atoms with Crippen LogP contribution in [0.25, 0.3) is 22.3 Å². The lowest BCUT2D eigenvalue weighted by Gasteiger charge is -2.14. The van der Waals surface area contributed by atoms with Crippen LogP contribution < -0.4 is 10.1 Å². The van der Waals surface area contributed by atoms with E-state index in [4.69, 9.17) is 9.47 Å². The molecule has 0 radical (unpaired) electrons. The highest BCUT2D eigenvalue weighted by atomic mass is 16.6. The first kappa shape index (κ1) is 28.2. The normalized spacial score (nSPS) is 10.8. The summed E-state index contributed by atoms with van der Waals surface area (Å²) in [7, 11) is 1.96. The Morgan fingerprint density at radius 3 is 2.05 bits per heavy atom. The molecule has 4 nitrogen and oxygen atoms in total. The summed E-state index contributed by atoms with van der Waals surface area (Å²) < 4.78 is 11.3. The predicted molar refractivity (Wildman–Crippen MR) is 154 cm³/mol. The van der Waals surface area contributed by atoms with Gasteiger partial charge in [0.1, 0.15) is 19.0 Å². The van der Waals surface area contributed by atoms with Gasteiger partial charge < -0.3 is 14.8 Å². The molecule has 0 heterocycles. The first-order chi connectivity index (χ1) is 18.0. The maximum absolute atomic E-state index is 11.7. The molecule has 0 saturated carbocycles. The molecule has 0 aliphatic heterocycles. The summed E-state index contributed by atoms with van der Waals surface area (Å²) in [5.41, 5.74) is 7.64. The maximum Gasteiger partial charge on any atom is 0.333 e. The Morgan fingerprint density at radius 1 is 0.811 bits per heavy atom. The van der Waals surface area contributed by atoms with Crippen LogP contribution >= 0.6 is 0 Å². The second-order valence-corrected chi connectivity index (χ2v) is 9.53. The molecule has 3 aromatic carbocycles. The van der Waals surface area contributed by atoms with Crippen LogP contribution in [0.3, 0.4) is 0 Å². The molecule has 3 aromatic rings. The minimum atomic E-state index is -0.391. The molecule has 0 bridgehead atoms. The fraction of sp³-hybridized carbons (Fsp3) is 0.364. The molecule has 0 aliphatic carbocycles. The van der Waals surface area contributed by atoms with E-state index >= 15 is 0 Å². The third-order valence-electron chi connectivity index (χ3n) is 6.44. The fourth-order valence-electron chi connectivity index (χ4n) is 4.24. The standard InChI is InChI=1S/C33H41NO3/c1-5-6-7-9-26-11-13-27(14-12-26)28-15-17-29(18-16-28)31-20-19-30(10-8-21-34-4)32(24-31)36-22-23-37-33(35)25(2)3/h11-20,24,34H,2,5-10,21-23H2,1,3-4H3. The summed E-state index contributed by atoms with van der Waals surface area (Å²) in [6.45, 7) is 8.93. The Hall–Kier alpha value is -3.37. The summed E-state index contributed by atoms with van der Waals surface area (Å²) in [4.78, 5) is 11.7. The predicted octanol–water partition coefficient (Wildman–Crippen LogP) is 7.40. The molecule has 4 heteroatoms. The highest BCUT2D eigenvalue weighted by molar-refractivity contribution is 5.86. The largest absolute Gasteiger partial charge is 0.490 e. The number of nitrogens with one attached hydrogen (secondary N) is 1. The number of carbonyl (C=O) groups excluding carboxylic acids is 1. The Balaban J connectivity index is 1.70. The zero-order chi connectivity index (χ0) is 26.5. The van der Waals surface area contributed by atoms with Gasteiger partial charge >= 0.3 is 5.97 Å². The number of esters is 1. The van der Waals surface area contributed by atoms with Gasteiger partial charge in [-0.3, -0.25) is 0 Å². The van der Waals surface area contributed by atoms with Crippen molar-refractivity contribution in [2.75, 3.05) is 26.8 Å². The Labute approximate surface area is 222 Å². The van der Waals surface area contributed by atoms with Crippen molar-refractivity contribution < 1.29 is 14.3 Å². The van der Waals surface area contributed by atoms with Crippen molar-refractivity contribution in [1.82, 2.24) is 5.32 Å². The maximum atomic E-state index is 11.7. The Kier molecular flexibility index (Phi) is 11.4. The zero-order valence-corrected chi connectivity index (χ0v) is 22.6. The molecule has 0 saturated heterocycles. The lowest BCUT2D eigenvalue weighted by Crippen LogP contribution is -2.13. The summed E-state index contributed by atoms with van der Waals surface area (Å²) >= 11 is 0. The second kappa shape index (κ2) is 15.0. The third kappa shape index (κ3) is 8.91. The van der Waals surface area contributed by atoms with Crippen molar-refractivity contribution in [3.63, 3.8) is 0 Å². The van der Waals surface area contributed by atoms with Gasteiger partial charge in [-0.15, -0.1) is 0 Å². The van der Waals surface area contributed by atoms with Gasteiger partial charge in [0.05, 0.1) is 0 Å². The lowest BCUT2D eigenvalue weighted by atomic mass is 9.97. The molecule has 0 amide bonds. The van der Waals surface area contributed by atoms with Gasteiger partial charge in [-0.05, 0) is 85.6 Å². The van der Waals surface area contributed by atoms with E-state index in [9.17, 15) is 4.79 Å². The van der Waals surface area contributed by atoms with Crippen LogP contribution in [0.15, 0.2) is 78.9 Å². The first-order valence-electron chi connectivity index (χ1n) is 13.4. The van der Waals surface area contributed by atoms with Crippen LogP contribution in [0, 0.1) is 0 Å². The molecule has 0 fully saturated rings. The molecular formula is C33H41NO3. The number of carbonyl (C=O) groups is 1. The van der Waals surface area contributed by atoms with E-state index < -0.39 is 5.97 Å². The fourth-order valence-corrected chi connectivity index (χ4v) is 4.24. The van der Waals surface area contributed by atoms with Gasteiger partial charge in [-0.2, -0.15) is 0 Å². The first-order valence-corrected chi connectivity index (χ1v) is 13.4. The highest BCUT2D eigenvalue weighted by Crippen LogP contribution is 2.30. The van der Waals surface area contributed by atoms with E-state index in [0.717, 1.165) is 48.2 Å². The van der Waals surface area contributed by atoms with Crippen LogP contribution in [0.1, 0.15) is 50.7 Å². The van der Waals surface area contributed by atoms with E-state index in [2.05, 4.69) is 85.5 Å². The van der Waals surface area contributed by atoms with Crippen LogP contribution in [0.5, 0.6) is 5.75 Å². The van der Waals surface area contributed by atoms with Crippen molar-refractivity contribution in [3.05, 3.63) is 90.0 Å². The summed E-state index contributed by atoms with van der Waals surface area (Å²) in [6, 6.07) is 24.0. The van der Waals surface area contributed by atoms with Gasteiger partial charge in [-0.1, -0.05) is 87.0 Å². The van der Waals surface area contributed by atoms with Crippen molar-refractivity contribution in [1.29, 1.82) is 0 Å². The van der Waals surface area contributed by atoms with Crippen molar-refractivity contribution in [2.24, 2.45) is 0 Å². The molecule has 0 aliphatic rings. The number of benzene rings is 3. The quantitative estimate of drug-likeness (QED) is 0.134. The molecule has 0 aromatic heterocycles. The lowest BCUT2D eigenvalue weighted by molar-refractivity contribution is -0.139. The SMILES string of the molecule is C=C(C)C(=O)OCCOc1cc(-c2ccc(-c3ccc(CCCCC)cc3)cc2)ccc1CCCNC. The van der Waals surface area contributed by atoms with Gasteiger partial charge in [0.25, 0.3) is 0 Å². The topological polar surface area (TPSA) is 47.6 Å². The van der Waals surface area contributed by atoms with Gasteiger partial charge in [0, 0.05) is 5.57 Å². The minimum Gasteiger partial charge on any atom is -0.490 e. The number of aryl methyl sites for hydroxylation is 2. The van der Waals surface area contributed by atoms with Crippen LogP contribution in [0.4, 0.5) is 0 Å². The van der Waals surface area contributed by atoms with Gasteiger partial charge in [0.15, 0.2) is 0 Å². The Bertz CT molecular complexity index is 1130. The number of hydrogen-bond acceptors (Lipinski definition) is 4. The molecule has 1 N–H and O–H groups in total. The van der Waals surface area contributed by atoms with Crippen molar-refractivity contribution in [3.8, 4) is 28.0 Å². The Morgan fingerprint density at radius 2 is 1.43 bits per heavy atom.